The maximum absolute atomic E-state index is 10.7. The fraction of sp³-hybridized carbons (Fsp3) is 0.909. The summed E-state index contributed by atoms with van der Waals surface area (Å²) in [6.07, 6.45) is 8.25. The van der Waals surface area contributed by atoms with Crippen molar-refractivity contribution in [1.29, 1.82) is 0 Å². The lowest BCUT2D eigenvalue weighted by Crippen LogP contribution is -2.17. The van der Waals surface area contributed by atoms with Gasteiger partial charge in [0.05, 0.1) is 0 Å². The molecule has 2 saturated carbocycles. The van der Waals surface area contributed by atoms with E-state index < -0.39 is 5.97 Å². The molecule has 0 aromatic rings. The number of fused-ring (bicyclic) bond motifs is 2. The van der Waals surface area contributed by atoms with Crippen molar-refractivity contribution in [1.82, 2.24) is 0 Å². The lowest BCUT2D eigenvalue weighted by molar-refractivity contribution is -0.138. The van der Waals surface area contributed by atoms with Gasteiger partial charge in [-0.3, -0.25) is 4.79 Å². The van der Waals surface area contributed by atoms with Crippen molar-refractivity contribution in [2.75, 3.05) is 0 Å². The molecule has 2 aliphatic carbocycles. The van der Waals surface area contributed by atoms with E-state index in [1.807, 2.05) is 0 Å². The lowest BCUT2D eigenvalue weighted by Gasteiger charge is -2.19. The molecule has 0 aromatic carbocycles. The zero-order valence-electron chi connectivity index (χ0n) is 8.04. The Labute approximate surface area is 79.3 Å². The van der Waals surface area contributed by atoms with Crippen molar-refractivity contribution in [3.63, 3.8) is 0 Å². The summed E-state index contributed by atoms with van der Waals surface area (Å²) in [7, 11) is 0. The first kappa shape index (κ1) is 9.04. The van der Waals surface area contributed by atoms with Gasteiger partial charge in [-0.25, -0.2) is 0 Å². The standard InChI is InChI=1S/C11H18O2/c12-11(13)7-10-8-3-1-2-4-9(10)6-5-8/h8-10H,1-7H2,(H,12,13). The molecule has 2 atom stereocenters. The number of carboxylic acid groups (broad SMARTS) is 1. The summed E-state index contributed by atoms with van der Waals surface area (Å²) < 4.78 is 0. The Bertz CT molecular complexity index is 186. The summed E-state index contributed by atoms with van der Waals surface area (Å²) in [6.45, 7) is 0. The van der Waals surface area contributed by atoms with E-state index in [9.17, 15) is 4.79 Å². The van der Waals surface area contributed by atoms with Crippen molar-refractivity contribution >= 4 is 5.97 Å². The van der Waals surface area contributed by atoms with Crippen LogP contribution in [0.2, 0.25) is 0 Å². The van der Waals surface area contributed by atoms with Crippen LogP contribution in [0.15, 0.2) is 0 Å². The average molecular weight is 182 g/mol. The average Bonchev–Trinajstić information content (AvgIpc) is 2.24. The molecule has 13 heavy (non-hydrogen) atoms. The Morgan fingerprint density at radius 2 is 1.62 bits per heavy atom. The minimum absolute atomic E-state index is 0.426. The Kier molecular flexibility index (Phi) is 2.56. The van der Waals surface area contributed by atoms with Gasteiger partial charge in [-0.15, -0.1) is 0 Å². The fourth-order valence-electron chi connectivity index (χ4n) is 3.31. The number of carboxylic acids is 1. The largest absolute Gasteiger partial charge is 0.481 e. The van der Waals surface area contributed by atoms with Crippen LogP contribution < -0.4 is 0 Å². The molecule has 2 aliphatic rings. The summed E-state index contributed by atoms with van der Waals surface area (Å²) in [4.78, 5) is 10.7. The molecule has 1 N–H and O–H groups in total. The molecule has 2 bridgehead atoms. The smallest absolute Gasteiger partial charge is 0.303 e. The van der Waals surface area contributed by atoms with E-state index >= 15 is 0 Å². The minimum Gasteiger partial charge on any atom is -0.481 e. The first-order valence-electron chi connectivity index (χ1n) is 5.49. The molecular weight excluding hydrogens is 164 g/mol. The predicted octanol–water partition coefficient (Wildman–Crippen LogP) is 2.68. The van der Waals surface area contributed by atoms with Gasteiger partial charge in [0.1, 0.15) is 0 Å². The Balaban J connectivity index is 2.03. The van der Waals surface area contributed by atoms with Crippen LogP contribution in [-0.2, 0) is 4.79 Å². The van der Waals surface area contributed by atoms with Gasteiger partial charge < -0.3 is 5.11 Å². The van der Waals surface area contributed by atoms with Crippen LogP contribution in [0.25, 0.3) is 0 Å². The molecule has 2 heteroatoms. The van der Waals surface area contributed by atoms with Crippen LogP contribution in [0.4, 0.5) is 0 Å². The van der Waals surface area contributed by atoms with Crippen molar-refractivity contribution in [3.05, 3.63) is 0 Å². The highest BCUT2D eigenvalue weighted by Crippen LogP contribution is 2.46. The summed E-state index contributed by atoms with van der Waals surface area (Å²) in [5.41, 5.74) is 0. The van der Waals surface area contributed by atoms with Gasteiger partial charge in [-0.1, -0.05) is 25.7 Å². The number of hydrogen-bond acceptors (Lipinski definition) is 1. The Morgan fingerprint density at radius 1 is 1.08 bits per heavy atom. The molecule has 2 unspecified atom stereocenters. The second-order valence-corrected chi connectivity index (χ2v) is 4.64. The molecule has 0 heterocycles. The van der Waals surface area contributed by atoms with Crippen molar-refractivity contribution in [2.45, 2.75) is 44.9 Å². The maximum Gasteiger partial charge on any atom is 0.303 e. The zero-order chi connectivity index (χ0) is 9.26. The molecule has 0 aromatic heterocycles. The minimum atomic E-state index is -0.594. The number of aliphatic carboxylic acids is 1. The SMILES string of the molecule is O=C(O)CC1C2CCCCC1CC2. The van der Waals surface area contributed by atoms with Gasteiger partial charge in [0.25, 0.3) is 0 Å². The van der Waals surface area contributed by atoms with E-state index in [2.05, 4.69) is 0 Å². The second-order valence-electron chi connectivity index (χ2n) is 4.64. The van der Waals surface area contributed by atoms with Gasteiger partial charge in [0.2, 0.25) is 0 Å². The molecule has 0 amide bonds. The molecule has 2 nitrogen and oxygen atoms in total. The van der Waals surface area contributed by atoms with Crippen molar-refractivity contribution < 1.29 is 9.90 Å². The zero-order valence-corrected chi connectivity index (χ0v) is 8.04. The monoisotopic (exact) mass is 182 g/mol. The van der Waals surface area contributed by atoms with Crippen LogP contribution in [0, 0.1) is 17.8 Å². The summed E-state index contributed by atoms with van der Waals surface area (Å²) in [5, 5.41) is 8.82. The van der Waals surface area contributed by atoms with E-state index in [0.29, 0.717) is 12.3 Å². The molecule has 0 radical (unpaired) electrons. The van der Waals surface area contributed by atoms with Gasteiger partial charge >= 0.3 is 5.97 Å². The molecule has 0 saturated heterocycles. The summed E-state index contributed by atoms with van der Waals surface area (Å²) in [6, 6.07) is 0. The summed E-state index contributed by atoms with van der Waals surface area (Å²) in [5.74, 6) is 1.40. The Morgan fingerprint density at radius 3 is 2.08 bits per heavy atom. The quantitative estimate of drug-likeness (QED) is 0.713. The molecular formula is C11H18O2. The fourth-order valence-corrected chi connectivity index (χ4v) is 3.31. The van der Waals surface area contributed by atoms with E-state index in [4.69, 9.17) is 5.11 Å². The molecule has 2 fully saturated rings. The topological polar surface area (TPSA) is 37.3 Å². The third-order valence-corrected chi connectivity index (χ3v) is 3.93. The second kappa shape index (κ2) is 3.69. The van der Waals surface area contributed by atoms with Crippen LogP contribution in [0.5, 0.6) is 0 Å². The number of carbonyl (C=O) groups is 1. The lowest BCUT2D eigenvalue weighted by atomic mass is 9.86. The molecule has 2 rings (SSSR count). The van der Waals surface area contributed by atoms with Crippen LogP contribution >= 0.6 is 0 Å². The highest BCUT2D eigenvalue weighted by molar-refractivity contribution is 5.67. The predicted molar refractivity (Wildman–Crippen MR) is 50.4 cm³/mol. The van der Waals surface area contributed by atoms with E-state index in [1.54, 1.807) is 0 Å². The van der Waals surface area contributed by atoms with Crippen molar-refractivity contribution in [2.24, 2.45) is 17.8 Å². The molecule has 74 valence electrons. The van der Waals surface area contributed by atoms with Crippen LogP contribution in [0.1, 0.15) is 44.9 Å². The first-order valence-corrected chi connectivity index (χ1v) is 5.49. The maximum atomic E-state index is 10.7. The number of hydrogen-bond donors (Lipinski definition) is 1. The van der Waals surface area contributed by atoms with E-state index in [0.717, 1.165) is 11.8 Å². The first-order chi connectivity index (χ1) is 6.27. The third-order valence-electron chi connectivity index (χ3n) is 3.93. The van der Waals surface area contributed by atoms with Gasteiger partial charge in [0.15, 0.2) is 0 Å². The highest BCUT2D eigenvalue weighted by atomic mass is 16.4. The third kappa shape index (κ3) is 1.87. The van der Waals surface area contributed by atoms with E-state index in [1.165, 1.54) is 38.5 Å². The van der Waals surface area contributed by atoms with Gasteiger partial charge in [-0.2, -0.15) is 0 Å². The van der Waals surface area contributed by atoms with E-state index in [-0.39, 0.29) is 0 Å². The molecule has 0 aliphatic heterocycles. The van der Waals surface area contributed by atoms with Gasteiger partial charge in [-0.05, 0) is 30.6 Å². The number of rotatable bonds is 2. The summed E-state index contributed by atoms with van der Waals surface area (Å²) >= 11 is 0. The Hall–Kier alpha value is -0.530. The van der Waals surface area contributed by atoms with Crippen LogP contribution in [-0.4, -0.2) is 11.1 Å². The normalized spacial score (nSPS) is 38.6. The highest BCUT2D eigenvalue weighted by Gasteiger charge is 2.37. The van der Waals surface area contributed by atoms with Gasteiger partial charge in [0, 0.05) is 6.42 Å². The van der Waals surface area contributed by atoms with Crippen molar-refractivity contribution in [3.8, 4) is 0 Å². The van der Waals surface area contributed by atoms with Crippen LogP contribution in [0.3, 0.4) is 0 Å². The molecule has 0 spiro atoms.